The van der Waals surface area contributed by atoms with Crippen LogP contribution < -0.4 is 4.90 Å². The lowest BCUT2D eigenvalue weighted by atomic mass is 10.1. The number of carbonyl (C=O) groups excluding carboxylic acids is 1. The lowest BCUT2D eigenvalue weighted by Gasteiger charge is -2.24. The molecule has 0 spiro atoms. The lowest BCUT2D eigenvalue weighted by Crippen LogP contribution is -2.41. The number of carboxylic acid groups (broad SMARTS) is 1. The number of amides is 2. The van der Waals surface area contributed by atoms with Crippen LogP contribution in [0.15, 0.2) is 18.2 Å². The number of likely N-dealkylation sites (N-methyl/N-ethyl adjacent to an activating group) is 1. The monoisotopic (exact) mass is 264 g/mol. The van der Waals surface area contributed by atoms with Gasteiger partial charge in [0.1, 0.15) is 0 Å². The van der Waals surface area contributed by atoms with Crippen LogP contribution in [0.1, 0.15) is 15.9 Å². The number of nitrogens with zero attached hydrogens (tertiary/aromatic N) is 2. The number of anilines is 1. The Balaban J connectivity index is 2.27. The van der Waals surface area contributed by atoms with E-state index in [1.54, 1.807) is 24.1 Å². The van der Waals surface area contributed by atoms with Crippen LogP contribution in [-0.4, -0.2) is 53.9 Å². The van der Waals surface area contributed by atoms with Crippen molar-refractivity contribution in [2.75, 3.05) is 31.6 Å². The molecule has 0 aromatic heterocycles. The van der Waals surface area contributed by atoms with Gasteiger partial charge < -0.3 is 15.1 Å². The largest absolute Gasteiger partial charge is 0.478 e. The molecule has 6 nitrogen and oxygen atoms in total. The van der Waals surface area contributed by atoms with Crippen molar-refractivity contribution in [1.82, 2.24) is 4.90 Å². The Morgan fingerprint density at radius 1 is 1.42 bits per heavy atom. The number of rotatable bonds is 3. The number of aliphatic hydroxyl groups excluding tert-OH is 1. The molecule has 2 N–H and O–H groups in total. The summed E-state index contributed by atoms with van der Waals surface area (Å²) >= 11 is 0. The van der Waals surface area contributed by atoms with Crippen LogP contribution in [0.2, 0.25) is 0 Å². The maximum atomic E-state index is 12.2. The van der Waals surface area contributed by atoms with E-state index in [1.165, 1.54) is 11.0 Å². The fourth-order valence-corrected chi connectivity index (χ4v) is 2.16. The Morgan fingerprint density at radius 2 is 2.16 bits per heavy atom. The molecular formula is C13H16N2O4. The van der Waals surface area contributed by atoms with E-state index in [0.717, 1.165) is 5.56 Å². The van der Waals surface area contributed by atoms with Gasteiger partial charge in [0, 0.05) is 25.8 Å². The Bertz CT molecular complexity index is 515. The number of benzene rings is 1. The maximum absolute atomic E-state index is 12.2. The van der Waals surface area contributed by atoms with Gasteiger partial charge in [0.2, 0.25) is 0 Å². The van der Waals surface area contributed by atoms with Crippen LogP contribution in [0.5, 0.6) is 0 Å². The predicted octanol–water partition coefficient (Wildman–Crippen LogP) is 0.791. The van der Waals surface area contributed by atoms with Crippen LogP contribution in [0.25, 0.3) is 0 Å². The molecule has 1 aromatic rings. The highest BCUT2D eigenvalue weighted by Crippen LogP contribution is 2.29. The summed E-state index contributed by atoms with van der Waals surface area (Å²) in [5.74, 6) is -1.01. The average Bonchev–Trinajstić information content (AvgIpc) is 2.80. The Labute approximate surface area is 110 Å². The first-order valence-corrected chi connectivity index (χ1v) is 6.04. The molecule has 6 heteroatoms. The minimum atomic E-state index is -1.01. The minimum absolute atomic E-state index is 0.0991. The van der Waals surface area contributed by atoms with Crippen molar-refractivity contribution in [1.29, 1.82) is 0 Å². The molecule has 0 saturated heterocycles. The number of carbonyl (C=O) groups is 2. The number of urea groups is 1. The zero-order chi connectivity index (χ0) is 14.0. The van der Waals surface area contributed by atoms with Crippen molar-refractivity contribution in [2.45, 2.75) is 6.42 Å². The quantitative estimate of drug-likeness (QED) is 0.845. The summed E-state index contributed by atoms with van der Waals surface area (Å²) in [6.45, 7) is 0.689. The summed E-state index contributed by atoms with van der Waals surface area (Å²) < 4.78 is 0. The molecule has 2 amide bonds. The van der Waals surface area contributed by atoms with Crippen molar-refractivity contribution in [3.05, 3.63) is 29.3 Å². The second-order valence-electron chi connectivity index (χ2n) is 4.48. The van der Waals surface area contributed by atoms with E-state index in [-0.39, 0.29) is 24.7 Å². The van der Waals surface area contributed by atoms with Crippen LogP contribution in [0.3, 0.4) is 0 Å². The third-order valence-electron chi connectivity index (χ3n) is 3.22. The lowest BCUT2D eigenvalue weighted by molar-refractivity contribution is 0.0697. The molecule has 19 heavy (non-hydrogen) atoms. The van der Waals surface area contributed by atoms with E-state index in [1.807, 2.05) is 0 Å². The zero-order valence-corrected chi connectivity index (χ0v) is 10.7. The standard InChI is InChI=1S/C13H16N2O4/c1-14(6-7-16)13(19)15-5-4-9-2-3-10(12(17)18)8-11(9)15/h2-3,8,16H,4-7H2,1H3,(H,17,18). The number of hydrogen-bond acceptors (Lipinski definition) is 3. The molecular weight excluding hydrogens is 248 g/mol. The van der Waals surface area contributed by atoms with Crippen molar-refractivity contribution < 1.29 is 19.8 Å². The molecule has 0 bridgehead atoms. The van der Waals surface area contributed by atoms with Gasteiger partial charge in [-0.3, -0.25) is 4.90 Å². The molecule has 1 heterocycles. The van der Waals surface area contributed by atoms with Crippen molar-refractivity contribution in [3.63, 3.8) is 0 Å². The molecule has 1 aliphatic heterocycles. The summed E-state index contributed by atoms with van der Waals surface area (Å²) in [5.41, 5.74) is 1.79. The zero-order valence-electron chi connectivity index (χ0n) is 10.7. The molecule has 1 aromatic carbocycles. The molecule has 0 saturated carbocycles. The molecule has 1 aliphatic rings. The van der Waals surface area contributed by atoms with E-state index in [4.69, 9.17) is 10.2 Å². The first-order valence-electron chi connectivity index (χ1n) is 6.04. The van der Waals surface area contributed by atoms with Gasteiger partial charge in [-0.15, -0.1) is 0 Å². The average molecular weight is 264 g/mol. The van der Waals surface area contributed by atoms with E-state index < -0.39 is 5.97 Å². The highest BCUT2D eigenvalue weighted by molar-refractivity contribution is 5.96. The normalized spacial score (nSPS) is 13.3. The number of fused-ring (bicyclic) bond motifs is 1. The second-order valence-corrected chi connectivity index (χ2v) is 4.48. The predicted molar refractivity (Wildman–Crippen MR) is 69.6 cm³/mol. The smallest absolute Gasteiger partial charge is 0.335 e. The highest BCUT2D eigenvalue weighted by Gasteiger charge is 2.27. The summed E-state index contributed by atoms with van der Waals surface area (Å²) in [7, 11) is 1.61. The number of hydrogen-bond donors (Lipinski definition) is 2. The summed E-state index contributed by atoms with van der Waals surface area (Å²) in [5, 5.41) is 17.8. The fourth-order valence-electron chi connectivity index (χ4n) is 2.16. The van der Waals surface area contributed by atoms with Crippen molar-refractivity contribution in [3.8, 4) is 0 Å². The summed E-state index contributed by atoms with van der Waals surface area (Å²) in [4.78, 5) is 26.1. The Kier molecular flexibility index (Phi) is 3.71. The first kappa shape index (κ1) is 13.4. The van der Waals surface area contributed by atoms with Gasteiger partial charge >= 0.3 is 12.0 Å². The van der Waals surface area contributed by atoms with Crippen molar-refractivity contribution in [2.24, 2.45) is 0 Å². The molecule has 102 valence electrons. The highest BCUT2D eigenvalue weighted by atomic mass is 16.4. The Hall–Kier alpha value is -2.08. The maximum Gasteiger partial charge on any atom is 0.335 e. The van der Waals surface area contributed by atoms with E-state index in [0.29, 0.717) is 18.7 Å². The molecule has 2 rings (SSSR count). The van der Waals surface area contributed by atoms with Gasteiger partial charge in [-0.05, 0) is 24.1 Å². The van der Waals surface area contributed by atoms with Crippen LogP contribution in [0, 0.1) is 0 Å². The van der Waals surface area contributed by atoms with Crippen LogP contribution in [0.4, 0.5) is 10.5 Å². The van der Waals surface area contributed by atoms with Gasteiger partial charge in [0.25, 0.3) is 0 Å². The third kappa shape index (κ3) is 2.53. The van der Waals surface area contributed by atoms with Gasteiger partial charge in [-0.1, -0.05) is 6.07 Å². The number of aromatic carboxylic acids is 1. The summed E-state index contributed by atoms with van der Waals surface area (Å²) in [6, 6.07) is 4.59. The number of carboxylic acids is 1. The molecule has 0 aliphatic carbocycles. The summed E-state index contributed by atoms with van der Waals surface area (Å²) in [6.07, 6.45) is 0.716. The second kappa shape index (κ2) is 5.27. The van der Waals surface area contributed by atoms with Gasteiger partial charge in [0.15, 0.2) is 0 Å². The minimum Gasteiger partial charge on any atom is -0.478 e. The van der Waals surface area contributed by atoms with Crippen molar-refractivity contribution >= 4 is 17.7 Å². The van der Waals surface area contributed by atoms with Crippen LogP contribution in [-0.2, 0) is 6.42 Å². The molecule has 0 fully saturated rings. The van der Waals surface area contributed by atoms with E-state index >= 15 is 0 Å². The van der Waals surface area contributed by atoms with Gasteiger partial charge in [-0.2, -0.15) is 0 Å². The van der Waals surface area contributed by atoms with Crippen LogP contribution >= 0.6 is 0 Å². The van der Waals surface area contributed by atoms with Gasteiger partial charge in [0.05, 0.1) is 12.2 Å². The van der Waals surface area contributed by atoms with E-state index in [2.05, 4.69) is 0 Å². The first-order chi connectivity index (χ1) is 9.04. The SMILES string of the molecule is CN(CCO)C(=O)N1CCc2ccc(C(=O)O)cc21. The van der Waals surface area contributed by atoms with E-state index in [9.17, 15) is 9.59 Å². The topological polar surface area (TPSA) is 81.1 Å². The molecule has 0 radical (unpaired) electrons. The number of aliphatic hydroxyl groups is 1. The Morgan fingerprint density at radius 3 is 2.79 bits per heavy atom. The molecule has 0 atom stereocenters. The molecule has 0 unspecified atom stereocenters. The fraction of sp³-hybridized carbons (Fsp3) is 0.385. The third-order valence-corrected chi connectivity index (χ3v) is 3.22. The van der Waals surface area contributed by atoms with Gasteiger partial charge in [-0.25, -0.2) is 9.59 Å².